The summed E-state index contributed by atoms with van der Waals surface area (Å²) in [6.45, 7) is 5.15. The van der Waals surface area contributed by atoms with Crippen molar-refractivity contribution >= 4 is 51.9 Å². The lowest BCUT2D eigenvalue weighted by Crippen LogP contribution is -2.29. The van der Waals surface area contributed by atoms with Crippen molar-refractivity contribution < 1.29 is 14.3 Å². The molecule has 1 N–H and O–H groups in total. The van der Waals surface area contributed by atoms with Crippen LogP contribution in [0.2, 0.25) is 0 Å². The first-order chi connectivity index (χ1) is 15.5. The Bertz CT molecular complexity index is 1000. The fourth-order valence-electron chi connectivity index (χ4n) is 3.34. The van der Waals surface area contributed by atoms with Gasteiger partial charge in [0.05, 0.1) is 11.5 Å². The largest absolute Gasteiger partial charge is 0.494 e. The second-order valence-electron chi connectivity index (χ2n) is 7.51. The lowest BCUT2D eigenvalue weighted by Gasteiger charge is -2.14. The van der Waals surface area contributed by atoms with Gasteiger partial charge in [0.2, 0.25) is 5.91 Å². The molecule has 0 aromatic heterocycles. The van der Waals surface area contributed by atoms with Gasteiger partial charge in [-0.15, -0.1) is 0 Å². The molecule has 0 atom stereocenters. The molecule has 168 valence electrons. The summed E-state index contributed by atoms with van der Waals surface area (Å²) in [4.78, 5) is 27.2. The fraction of sp³-hybridized carbons (Fsp3) is 0.320. The van der Waals surface area contributed by atoms with Gasteiger partial charge in [0.25, 0.3) is 5.91 Å². The minimum Gasteiger partial charge on any atom is -0.494 e. The van der Waals surface area contributed by atoms with Crippen LogP contribution in [-0.4, -0.2) is 34.2 Å². The predicted molar refractivity (Wildman–Crippen MR) is 136 cm³/mol. The van der Waals surface area contributed by atoms with Gasteiger partial charge in [-0.25, -0.2) is 0 Å². The topological polar surface area (TPSA) is 58.6 Å². The summed E-state index contributed by atoms with van der Waals surface area (Å²) in [5, 5.41) is 2.90. The molecule has 1 heterocycles. The van der Waals surface area contributed by atoms with Crippen molar-refractivity contribution in [1.82, 2.24) is 4.90 Å². The first kappa shape index (κ1) is 24.0. The minimum absolute atomic E-state index is 0.0130. The smallest absolute Gasteiger partial charge is 0.266 e. The van der Waals surface area contributed by atoms with Crippen molar-refractivity contribution in [2.45, 2.75) is 39.5 Å². The van der Waals surface area contributed by atoms with Gasteiger partial charge in [0.1, 0.15) is 10.1 Å². The molecule has 0 spiro atoms. The van der Waals surface area contributed by atoms with Gasteiger partial charge in [-0.2, -0.15) is 0 Å². The zero-order chi connectivity index (χ0) is 22.9. The number of amides is 2. The van der Waals surface area contributed by atoms with Crippen LogP contribution in [-0.2, 0) is 9.59 Å². The Morgan fingerprint density at radius 2 is 1.88 bits per heavy atom. The number of thiocarbonyl (C=S) groups is 1. The molecule has 0 radical (unpaired) electrons. The molecule has 5 nitrogen and oxygen atoms in total. The lowest BCUT2D eigenvalue weighted by atomic mass is 10.1. The van der Waals surface area contributed by atoms with Crippen molar-refractivity contribution in [3.8, 4) is 5.75 Å². The van der Waals surface area contributed by atoms with Crippen molar-refractivity contribution in [3.05, 3.63) is 64.6 Å². The van der Waals surface area contributed by atoms with E-state index in [9.17, 15) is 9.59 Å². The van der Waals surface area contributed by atoms with Crippen LogP contribution >= 0.6 is 24.0 Å². The van der Waals surface area contributed by atoms with Crippen LogP contribution in [0, 0.1) is 6.92 Å². The highest BCUT2D eigenvalue weighted by Crippen LogP contribution is 2.33. The second kappa shape index (κ2) is 11.8. The van der Waals surface area contributed by atoms with E-state index in [0.29, 0.717) is 28.8 Å². The zero-order valence-corrected chi connectivity index (χ0v) is 20.1. The predicted octanol–water partition coefficient (Wildman–Crippen LogP) is 5.79. The minimum atomic E-state index is -0.0310. The number of nitrogens with one attached hydrogen (secondary N) is 1. The first-order valence-corrected chi connectivity index (χ1v) is 12.0. The number of unbranched alkanes of at least 4 members (excludes halogenated alkanes) is 2. The van der Waals surface area contributed by atoms with Gasteiger partial charge < -0.3 is 10.1 Å². The van der Waals surface area contributed by atoms with Crippen LogP contribution in [0.3, 0.4) is 0 Å². The number of benzene rings is 2. The molecule has 3 rings (SSSR count). The summed E-state index contributed by atoms with van der Waals surface area (Å²) in [6.07, 6.45) is 4.78. The third kappa shape index (κ3) is 6.68. The molecule has 2 aromatic carbocycles. The van der Waals surface area contributed by atoms with Crippen LogP contribution in [0.1, 0.15) is 43.7 Å². The summed E-state index contributed by atoms with van der Waals surface area (Å²) in [6, 6.07) is 15.3. The maximum absolute atomic E-state index is 12.7. The maximum atomic E-state index is 12.7. The first-order valence-electron chi connectivity index (χ1n) is 10.8. The van der Waals surface area contributed by atoms with E-state index in [1.807, 2.05) is 68.5 Å². The number of nitrogens with zero attached hydrogens (tertiary/aromatic N) is 1. The number of hydrogen-bond donors (Lipinski definition) is 1. The molecule has 0 saturated carbocycles. The van der Waals surface area contributed by atoms with Crippen molar-refractivity contribution in [2.24, 2.45) is 0 Å². The summed E-state index contributed by atoms with van der Waals surface area (Å²) < 4.78 is 6.00. The normalized spacial score (nSPS) is 14.8. The van der Waals surface area contributed by atoms with Crippen molar-refractivity contribution in [2.75, 3.05) is 18.5 Å². The number of aryl methyl sites for hydroxylation is 1. The van der Waals surface area contributed by atoms with Crippen molar-refractivity contribution in [1.29, 1.82) is 0 Å². The molecule has 32 heavy (non-hydrogen) atoms. The number of anilines is 1. The molecular weight excluding hydrogens is 440 g/mol. The quantitative estimate of drug-likeness (QED) is 0.272. The molecule has 0 aliphatic carbocycles. The van der Waals surface area contributed by atoms with Crippen LogP contribution in [0.4, 0.5) is 5.69 Å². The average Bonchev–Trinajstić information content (AvgIpc) is 3.04. The summed E-state index contributed by atoms with van der Waals surface area (Å²) in [7, 11) is 0. The average molecular weight is 469 g/mol. The number of thioether (sulfide) groups is 1. The van der Waals surface area contributed by atoms with Gasteiger partial charge in [-0.1, -0.05) is 54.7 Å². The number of rotatable bonds is 10. The Morgan fingerprint density at radius 1 is 1.12 bits per heavy atom. The molecule has 2 aromatic rings. The van der Waals surface area contributed by atoms with Gasteiger partial charge in [-0.05, 0) is 68.2 Å². The van der Waals surface area contributed by atoms with Crippen LogP contribution < -0.4 is 10.1 Å². The highest BCUT2D eigenvalue weighted by Gasteiger charge is 2.31. The number of hydrogen-bond acceptors (Lipinski definition) is 5. The number of carbonyl (C=O) groups excluding carboxylic acids is 2. The second-order valence-corrected chi connectivity index (χ2v) is 9.18. The Morgan fingerprint density at radius 3 is 2.59 bits per heavy atom. The number of ether oxygens (including phenoxy) is 1. The summed E-state index contributed by atoms with van der Waals surface area (Å²) >= 11 is 6.77. The lowest BCUT2D eigenvalue weighted by molar-refractivity contribution is -0.122. The van der Waals surface area contributed by atoms with E-state index in [4.69, 9.17) is 17.0 Å². The molecule has 1 saturated heterocycles. The van der Waals surface area contributed by atoms with E-state index in [0.717, 1.165) is 41.8 Å². The molecule has 2 amide bonds. The summed E-state index contributed by atoms with van der Waals surface area (Å²) in [5.41, 5.74) is 2.92. The molecule has 0 unspecified atom stereocenters. The molecule has 1 aliphatic rings. The fourth-order valence-corrected chi connectivity index (χ4v) is 4.64. The molecule has 1 aliphatic heterocycles. The Kier molecular flexibility index (Phi) is 8.88. The van der Waals surface area contributed by atoms with E-state index in [-0.39, 0.29) is 11.8 Å². The monoisotopic (exact) mass is 468 g/mol. The van der Waals surface area contributed by atoms with Gasteiger partial charge in [-0.3, -0.25) is 14.5 Å². The zero-order valence-electron chi connectivity index (χ0n) is 18.4. The highest BCUT2D eigenvalue weighted by molar-refractivity contribution is 8.26. The van der Waals surface area contributed by atoms with Gasteiger partial charge in [0, 0.05) is 18.7 Å². The maximum Gasteiger partial charge on any atom is 0.266 e. The molecule has 0 bridgehead atoms. The van der Waals surface area contributed by atoms with E-state index < -0.39 is 0 Å². The third-order valence-electron chi connectivity index (χ3n) is 5.08. The van der Waals surface area contributed by atoms with Crippen LogP contribution in [0.15, 0.2) is 53.4 Å². The van der Waals surface area contributed by atoms with E-state index in [1.54, 1.807) is 4.90 Å². The van der Waals surface area contributed by atoms with Gasteiger partial charge >= 0.3 is 0 Å². The SMILES string of the molecule is CCOc1ccc(NC(=O)CCCCCN2C(=O)/C(=C/c3ccccc3C)SC2=S)cc1. The highest BCUT2D eigenvalue weighted by atomic mass is 32.2. The van der Waals surface area contributed by atoms with E-state index >= 15 is 0 Å². The molecular formula is C25H28N2O3S2. The van der Waals surface area contributed by atoms with Crippen LogP contribution in [0.25, 0.3) is 6.08 Å². The molecule has 7 heteroatoms. The third-order valence-corrected chi connectivity index (χ3v) is 6.46. The standard InChI is InChI=1S/C25H28N2O3S2/c1-3-30-21-14-12-20(13-15-21)26-23(28)11-5-4-8-16-27-24(29)22(32-25(27)31)17-19-10-7-6-9-18(19)2/h6-7,9-10,12-15,17H,3-5,8,11,16H2,1-2H3,(H,26,28)/b22-17-. The number of carbonyl (C=O) groups is 2. The van der Waals surface area contributed by atoms with Crippen LogP contribution in [0.5, 0.6) is 5.75 Å². The Hall–Kier alpha value is -2.64. The Labute approximate surface area is 199 Å². The van der Waals surface area contributed by atoms with E-state index in [1.165, 1.54) is 11.8 Å². The van der Waals surface area contributed by atoms with Crippen molar-refractivity contribution in [3.63, 3.8) is 0 Å². The summed E-state index contributed by atoms with van der Waals surface area (Å²) in [5.74, 6) is 0.743. The Balaban J connectivity index is 1.39. The van der Waals surface area contributed by atoms with Gasteiger partial charge in [0.15, 0.2) is 0 Å². The van der Waals surface area contributed by atoms with E-state index in [2.05, 4.69) is 5.32 Å². The molecule has 1 fully saturated rings.